The van der Waals surface area contributed by atoms with E-state index in [9.17, 15) is 0 Å². The van der Waals surface area contributed by atoms with E-state index in [0.717, 1.165) is 26.2 Å². The van der Waals surface area contributed by atoms with E-state index in [1.807, 2.05) is 0 Å². The number of rotatable bonds is 1. The van der Waals surface area contributed by atoms with Crippen molar-refractivity contribution in [1.82, 2.24) is 10.2 Å². The largest absolute Gasteiger partial charge is 0.373 e. The van der Waals surface area contributed by atoms with Crippen LogP contribution in [-0.2, 0) is 0 Å². The van der Waals surface area contributed by atoms with Gasteiger partial charge in [0.25, 0.3) is 0 Å². The molecule has 0 aromatic heterocycles. The van der Waals surface area contributed by atoms with Crippen LogP contribution in [0.15, 0.2) is 11.8 Å². The third-order valence-electron chi connectivity index (χ3n) is 2.03. The van der Waals surface area contributed by atoms with Gasteiger partial charge in [-0.15, -0.1) is 0 Å². The van der Waals surface area contributed by atoms with Gasteiger partial charge in [0, 0.05) is 31.9 Å². The smallest absolute Gasteiger partial charge is 0.0300 e. The Morgan fingerprint density at radius 1 is 1.40 bits per heavy atom. The first-order valence-corrected chi connectivity index (χ1v) is 3.93. The highest BCUT2D eigenvalue weighted by Crippen LogP contribution is 2.02. The minimum atomic E-state index is 1.13. The van der Waals surface area contributed by atoms with Crippen molar-refractivity contribution in [2.24, 2.45) is 0 Å². The van der Waals surface area contributed by atoms with Crippen LogP contribution < -0.4 is 5.32 Å². The van der Waals surface area contributed by atoms with Crippen LogP contribution >= 0.6 is 0 Å². The van der Waals surface area contributed by atoms with Gasteiger partial charge in [-0.1, -0.05) is 6.08 Å². The highest BCUT2D eigenvalue weighted by Gasteiger charge is 2.07. The molecule has 0 aromatic carbocycles. The maximum atomic E-state index is 3.32. The van der Waals surface area contributed by atoms with Crippen LogP contribution in [0.1, 0.15) is 13.8 Å². The molecular formula is C8H16N2. The quantitative estimate of drug-likeness (QED) is 0.580. The molecule has 1 heterocycles. The number of allylic oxidation sites excluding steroid dienone is 2. The van der Waals surface area contributed by atoms with Gasteiger partial charge in [-0.3, -0.25) is 0 Å². The number of nitrogens with one attached hydrogen (secondary N) is 1. The SMILES string of the molecule is C/C=C(/C)N1CCNCC1. The zero-order valence-corrected chi connectivity index (χ0v) is 6.85. The van der Waals surface area contributed by atoms with Crippen LogP contribution in [0.25, 0.3) is 0 Å². The number of hydrogen-bond acceptors (Lipinski definition) is 2. The molecule has 0 spiro atoms. The van der Waals surface area contributed by atoms with Gasteiger partial charge in [0.05, 0.1) is 0 Å². The fourth-order valence-electron chi connectivity index (χ4n) is 1.20. The minimum Gasteiger partial charge on any atom is -0.373 e. The molecule has 0 unspecified atom stereocenters. The van der Waals surface area contributed by atoms with Crippen LogP contribution in [0.2, 0.25) is 0 Å². The molecule has 1 saturated heterocycles. The first kappa shape index (κ1) is 7.61. The molecule has 0 atom stereocenters. The summed E-state index contributed by atoms with van der Waals surface area (Å²) in [6.07, 6.45) is 2.17. The zero-order valence-electron chi connectivity index (χ0n) is 6.85. The molecule has 1 N–H and O–H groups in total. The van der Waals surface area contributed by atoms with E-state index in [-0.39, 0.29) is 0 Å². The summed E-state index contributed by atoms with van der Waals surface area (Å²) in [6, 6.07) is 0. The number of piperazine rings is 1. The summed E-state index contributed by atoms with van der Waals surface area (Å²) >= 11 is 0. The van der Waals surface area contributed by atoms with Crippen molar-refractivity contribution in [3.05, 3.63) is 11.8 Å². The lowest BCUT2D eigenvalue weighted by Crippen LogP contribution is -2.42. The van der Waals surface area contributed by atoms with Gasteiger partial charge in [-0.2, -0.15) is 0 Å². The van der Waals surface area contributed by atoms with Gasteiger partial charge in [-0.05, 0) is 13.8 Å². The summed E-state index contributed by atoms with van der Waals surface area (Å²) in [5.41, 5.74) is 1.40. The molecule has 0 bridgehead atoms. The lowest BCUT2D eigenvalue weighted by molar-refractivity contribution is 0.299. The normalized spacial score (nSPS) is 21.4. The predicted octanol–water partition coefficient (Wildman–Crippen LogP) is 0.815. The van der Waals surface area contributed by atoms with E-state index in [4.69, 9.17) is 0 Å². The zero-order chi connectivity index (χ0) is 7.40. The van der Waals surface area contributed by atoms with Crippen molar-refractivity contribution in [3.8, 4) is 0 Å². The van der Waals surface area contributed by atoms with Crippen molar-refractivity contribution < 1.29 is 0 Å². The number of hydrogen-bond donors (Lipinski definition) is 1. The maximum Gasteiger partial charge on any atom is 0.0300 e. The summed E-state index contributed by atoms with van der Waals surface area (Å²) in [5.74, 6) is 0. The third-order valence-corrected chi connectivity index (χ3v) is 2.03. The summed E-state index contributed by atoms with van der Waals surface area (Å²) < 4.78 is 0. The lowest BCUT2D eigenvalue weighted by Gasteiger charge is -2.29. The maximum absolute atomic E-state index is 3.32. The molecule has 1 aliphatic heterocycles. The average Bonchev–Trinajstić information content (AvgIpc) is 2.05. The van der Waals surface area contributed by atoms with Crippen molar-refractivity contribution in [3.63, 3.8) is 0 Å². The van der Waals surface area contributed by atoms with E-state index in [1.54, 1.807) is 0 Å². The van der Waals surface area contributed by atoms with E-state index in [1.165, 1.54) is 5.70 Å². The standard InChI is InChI=1S/C8H16N2/c1-3-8(2)10-6-4-9-5-7-10/h3,9H,4-7H2,1-2H3/b8-3-. The molecule has 2 heteroatoms. The number of nitrogens with zero attached hydrogens (tertiary/aromatic N) is 1. The fourth-order valence-corrected chi connectivity index (χ4v) is 1.20. The first-order valence-electron chi connectivity index (χ1n) is 3.93. The molecule has 0 radical (unpaired) electrons. The van der Waals surface area contributed by atoms with Crippen LogP contribution in [0.4, 0.5) is 0 Å². The monoisotopic (exact) mass is 140 g/mol. The molecule has 58 valence electrons. The van der Waals surface area contributed by atoms with E-state index in [2.05, 4.69) is 30.1 Å². The fraction of sp³-hybridized carbons (Fsp3) is 0.750. The van der Waals surface area contributed by atoms with Crippen LogP contribution in [0.5, 0.6) is 0 Å². The van der Waals surface area contributed by atoms with Gasteiger partial charge in [0.2, 0.25) is 0 Å². The van der Waals surface area contributed by atoms with E-state index < -0.39 is 0 Å². The molecule has 10 heavy (non-hydrogen) atoms. The van der Waals surface area contributed by atoms with E-state index in [0.29, 0.717) is 0 Å². The van der Waals surface area contributed by atoms with Gasteiger partial charge < -0.3 is 10.2 Å². The van der Waals surface area contributed by atoms with Gasteiger partial charge >= 0.3 is 0 Å². The Kier molecular flexibility index (Phi) is 2.75. The molecule has 0 aliphatic carbocycles. The van der Waals surface area contributed by atoms with Crippen LogP contribution in [0.3, 0.4) is 0 Å². The Bertz CT molecular complexity index is 123. The Balaban J connectivity index is 2.39. The summed E-state index contributed by atoms with van der Waals surface area (Å²) in [7, 11) is 0. The van der Waals surface area contributed by atoms with Crippen molar-refractivity contribution >= 4 is 0 Å². The highest BCUT2D eigenvalue weighted by atomic mass is 15.2. The molecule has 2 nitrogen and oxygen atoms in total. The van der Waals surface area contributed by atoms with Crippen molar-refractivity contribution in [1.29, 1.82) is 0 Å². The third kappa shape index (κ3) is 1.74. The summed E-state index contributed by atoms with van der Waals surface area (Å²) in [6.45, 7) is 8.85. The van der Waals surface area contributed by atoms with Gasteiger partial charge in [0.15, 0.2) is 0 Å². The van der Waals surface area contributed by atoms with Crippen molar-refractivity contribution in [2.45, 2.75) is 13.8 Å². The molecule has 1 fully saturated rings. The lowest BCUT2D eigenvalue weighted by atomic mass is 10.3. The summed E-state index contributed by atoms with van der Waals surface area (Å²) in [4.78, 5) is 2.41. The minimum absolute atomic E-state index is 1.13. The second-order valence-corrected chi connectivity index (χ2v) is 2.67. The first-order chi connectivity index (χ1) is 4.84. The average molecular weight is 140 g/mol. The molecule has 0 aromatic rings. The van der Waals surface area contributed by atoms with Gasteiger partial charge in [-0.25, -0.2) is 0 Å². The Hall–Kier alpha value is -0.500. The second kappa shape index (κ2) is 3.62. The summed E-state index contributed by atoms with van der Waals surface area (Å²) in [5, 5.41) is 3.32. The molecule has 1 rings (SSSR count). The Labute approximate surface area is 62.9 Å². The topological polar surface area (TPSA) is 15.3 Å². The van der Waals surface area contributed by atoms with Gasteiger partial charge in [0.1, 0.15) is 0 Å². The second-order valence-electron chi connectivity index (χ2n) is 2.67. The predicted molar refractivity (Wildman–Crippen MR) is 43.9 cm³/mol. The van der Waals surface area contributed by atoms with E-state index >= 15 is 0 Å². The Morgan fingerprint density at radius 3 is 2.50 bits per heavy atom. The van der Waals surface area contributed by atoms with Crippen LogP contribution in [-0.4, -0.2) is 31.1 Å². The molecule has 0 amide bonds. The highest BCUT2D eigenvalue weighted by molar-refractivity contribution is 4.96. The molecule has 0 saturated carbocycles. The van der Waals surface area contributed by atoms with Crippen LogP contribution in [0, 0.1) is 0 Å². The Morgan fingerprint density at radius 2 is 2.00 bits per heavy atom. The molecular weight excluding hydrogens is 124 g/mol. The van der Waals surface area contributed by atoms with Crippen molar-refractivity contribution in [2.75, 3.05) is 26.2 Å². The molecule has 1 aliphatic rings.